The van der Waals surface area contributed by atoms with Crippen molar-refractivity contribution in [3.8, 4) is 0 Å². The van der Waals surface area contributed by atoms with Gasteiger partial charge in [-0.25, -0.2) is 49.8 Å². The molecule has 150 heavy (non-hydrogen) atoms. The normalized spacial score (nSPS) is 27.8. The SMILES string of the molecule is C=P(C)(C)CC[C@H]1OC(n2cnc3c(=O)[nH]c(C)nc32)[C@H](Br)[C@@H]1O.C=P(C)(C)CC[C@H]1OC(n2cnc3c(=O)[nH]c(C)nc32)[C@H](Cl)[C@@H]1O.C=P(C)(C)CC[C@H]1OC(n2cnc3c(=O)[nH]c(NCC)nc32)[C@H](O)[C@@H]1O.C=P(C)(C)CC[C@H]1OC(n2cnc3c(=O)[nH]c(NCCC)nc32)[C@H](O)[C@@H]1O.C=P(C)(O)CC[C@H]1OC(n2cnc3c(=O)[nH]c(C)nc32)[C@H](C)[C@@H]1O.C=P(C)(O)CC[C@H]1OC(n2cnc3c(=O)[nH]c(C)nc32)[C@H](OC)[C@@H]1O. The molecule has 6 aliphatic rings. The molecule has 0 aliphatic carbocycles. The minimum absolute atomic E-state index is 0.158. The molecule has 49 nitrogen and oxygen atoms in total. The summed E-state index contributed by atoms with van der Waals surface area (Å²) in [5.41, 5.74) is 1.61. The van der Waals surface area contributed by atoms with Gasteiger partial charge in [-0.1, -0.05) is 42.4 Å². The van der Waals surface area contributed by atoms with E-state index in [1.54, 1.807) is 65.6 Å². The highest BCUT2D eigenvalue weighted by Gasteiger charge is 2.51. The third-order valence-corrected chi connectivity index (χ3v) is 35.8. The number of aliphatic hydroxyl groups is 8. The Labute approximate surface area is 877 Å². The summed E-state index contributed by atoms with van der Waals surface area (Å²) in [6, 6.07) is 0. The van der Waals surface area contributed by atoms with Gasteiger partial charge in [-0.2, -0.15) is 9.97 Å². The van der Waals surface area contributed by atoms with Crippen LogP contribution in [-0.2, 0) is 33.2 Å². The first-order valence-corrected chi connectivity index (χ1v) is 67.7. The number of ether oxygens (including phenoxy) is 7. The van der Waals surface area contributed by atoms with Crippen molar-refractivity contribution in [3.63, 3.8) is 0 Å². The summed E-state index contributed by atoms with van der Waals surface area (Å²) in [6.45, 7) is 29.5. The van der Waals surface area contributed by atoms with Gasteiger partial charge in [-0.05, 0) is 197 Å². The monoisotopic (exact) mass is 2290 g/mol. The first kappa shape index (κ1) is 119. The number of rotatable bonds is 30. The number of methoxy groups -OCH3 is 1. The quantitative estimate of drug-likeness (QED) is 0.0215. The number of aromatic amines is 6. The number of aryl methyl sites for hydroxylation is 4. The first-order chi connectivity index (χ1) is 70.1. The van der Waals surface area contributed by atoms with E-state index in [0.29, 0.717) is 127 Å². The third kappa shape index (κ3) is 28.5. The summed E-state index contributed by atoms with van der Waals surface area (Å²) >= 11 is 9.93. The number of fused-ring (bicyclic) bond motifs is 6. The Morgan fingerprint density at radius 3 is 0.973 bits per heavy atom. The van der Waals surface area contributed by atoms with Gasteiger partial charge < -0.3 is 114 Å². The molecular weight excluding hydrogens is 2150 g/mol. The lowest BCUT2D eigenvalue weighted by Gasteiger charge is -2.19. The lowest BCUT2D eigenvalue weighted by molar-refractivity contribution is -0.0496. The zero-order chi connectivity index (χ0) is 110. The second kappa shape index (κ2) is 48.5. The Hall–Kier alpha value is -8.41. The van der Waals surface area contributed by atoms with Gasteiger partial charge in [-0.3, -0.25) is 66.1 Å². The highest BCUT2D eigenvalue weighted by Crippen LogP contribution is 2.48. The van der Waals surface area contributed by atoms with Crippen LogP contribution in [-0.4, -0.2) is 431 Å². The van der Waals surface area contributed by atoms with Crippen LogP contribution >= 0.6 is 69.3 Å². The lowest BCUT2D eigenvalue weighted by atomic mass is 10.0. The maximum Gasteiger partial charge on any atom is 0.280 e. The minimum Gasteiger partial charge on any atom is -0.390 e. The molecule has 0 bridgehead atoms. The van der Waals surface area contributed by atoms with E-state index in [-0.39, 0.29) is 89.4 Å². The van der Waals surface area contributed by atoms with E-state index < -0.39 is 164 Å². The van der Waals surface area contributed by atoms with Crippen LogP contribution in [0, 0.1) is 33.6 Å². The van der Waals surface area contributed by atoms with Crippen LogP contribution in [0.3, 0.4) is 0 Å². The molecule has 0 amide bonds. The van der Waals surface area contributed by atoms with E-state index in [4.69, 9.17) is 44.8 Å². The first-order valence-electron chi connectivity index (χ1n) is 49.0. The lowest BCUT2D eigenvalue weighted by Crippen LogP contribution is -2.33. The number of alkyl halides is 2. The van der Waals surface area contributed by atoms with Gasteiger partial charge in [-0.15, -0.1) is 64.3 Å². The van der Waals surface area contributed by atoms with Crippen molar-refractivity contribution < 1.29 is 83.8 Å². The molecule has 12 aromatic rings. The van der Waals surface area contributed by atoms with E-state index in [9.17, 15) is 79.4 Å². The average Bonchev–Trinajstić information content (AvgIpc) is 1.64. The molecule has 18 N–H and O–H groups in total. The number of hydrogen-bond acceptors (Lipinski definition) is 37. The number of halogens is 2. The van der Waals surface area contributed by atoms with Crippen molar-refractivity contribution in [2.24, 2.45) is 5.92 Å². The number of nitrogens with zero attached hydrogens (tertiary/aromatic N) is 18. The maximum absolute atomic E-state index is 12.2. The number of aliphatic hydroxyl groups excluding tert-OH is 8. The minimum atomic E-state index is -2.21. The van der Waals surface area contributed by atoms with E-state index in [2.05, 4.69) is 207 Å². The second-order valence-corrected chi connectivity index (χ2v) is 67.2. The largest absolute Gasteiger partial charge is 0.390 e. The van der Waals surface area contributed by atoms with Crippen LogP contribution < -0.4 is 44.0 Å². The molecule has 0 aromatic carbocycles. The topological polar surface area (TPSA) is 672 Å². The number of imidazole rings is 6. The molecule has 6 aliphatic heterocycles. The van der Waals surface area contributed by atoms with Crippen LogP contribution in [0.15, 0.2) is 66.7 Å². The van der Waals surface area contributed by atoms with Crippen molar-refractivity contribution in [2.75, 3.05) is 134 Å². The van der Waals surface area contributed by atoms with Crippen molar-refractivity contribution in [2.45, 2.75) is 233 Å². The Kier molecular flexibility index (Phi) is 38.4. The molecule has 828 valence electrons. The molecule has 18 heterocycles. The Morgan fingerprint density at radius 2 is 0.633 bits per heavy atom. The predicted molar refractivity (Wildman–Crippen MR) is 599 cm³/mol. The molecule has 26 atom stereocenters. The predicted octanol–water partition coefficient (Wildman–Crippen LogP) is 4.65. The van der Waals surface area contributed by atoms with Crippen molar-refractivity contribution in [1.82, 2.24) is 117 Å². The van der Waals surface area contributed by atoms with E-state index in [1.165, 1.54) is 47.9 Å². The zero-order valence-electron chi connectivity index (χ0n) is 87.4. The van der Waals surface area contributed by atoms with Gasteiger partial charge in [0.2, 0.25) is 11.9 Å². The summed E-state index contributed by atoms with van der Waals surface area (Å²) in [5.74, 6) is 2.42. The highest BCUT2D eigenvalue weighted by atomic mass is 79.9. The standard InChI is InChI=1S/C17H28N5O4P.C16H26N5O4P.C15H22BrN4O3P.C15H22ClN4O3P.C15H23N4O5P.C15H23N4O4P/c1-5-7-18-17-20-14-11(15(25)21-17)19-9-22(14)16-13(24)12(23)10(26-16)6-8-27(2,3)4;1-5-17-16-19-13-10(14(24)20-16)18-8-21(13)15-12(23)11(22)9(25-15)6-7-26(2,3)4;2*1-8-18-13-11(14(22)19-8)17-7-20(13)15-10(16)12(21)9(23-15)5-6-24(2,3)4;1-8-17-13-10(14(21)18-8)16-7-19(13)15-12(23-2)11(20)9(24-15)5-6-25(3,4)22;1-8-12(20)10(5-6-24(3,4)22)23-15(8)19-7-16-11-13(19)17-9(2)18-14(11)21/h9-10,12-13,16,23-24H,2,5-8H2,1,3-4H3,(H2,18,20,21,25);8-9,11-12,15,22-23H,2,5-7H2,1,3-4H3,(H2,17,19,20,24);2*7,9-10,12,15,21H,2,5-6H2,1,3-4H3,(H,18,19,22);7,9,11-12,15,20,22H,3,5-6H2,1-2,4H3,(H,17,18,21);7-8,10,12,15,20,22H,3,5-6H2,1-2,4H3,(H,17,18,21)/t10-,12-,13-,16?;9-,11-,12-,15?;2*9-,10-,12-,15?;9-,11-,12-,15?,25?;8-,10-,12+,15?,24?/m111111/s1. The van der Waals surface area contributed by atoms with Gasteiger partial charge in [0.1, 0.15) is 77.6 Å². The Morgan fingerprint density at radius 1 is 0.367 bits per heavy atom. The van der Waals surface area contributed by atoms with E-state index in [1.807, 2.05) is 20.8 Å². The summed E-state index contributed by atoms with van der Waals surface area (Å²) < 4.78 is 51.0. The molecule has 12 aromatic heterocycles. The molecule has 0 spiro atoms. The summed E-state index contributed by atoms with van der Waals surface area (Å²) in [6.07, 6.45) is 27.8. The Balaban J connectivity index is 0.000000150. The third-order valence-electron chi connectivity index (χ3n) is 26.0. The van der Waals surface area contributed by atoms with Gasteiger partial charge in [0, 0.05) is 26.1 Å². The van der Waals surface area contributed by atoms with Gasteiger partial charge >= 0.3 is 0 Å². The van der Waals surface area contributed by atoms with Crippen LogP contribution in [0.25, 0.3) is 67.0 Å². The summed E-state index contributed by atoms with van der Waals surface area (Å²) in [7, 11) is -2.89. The number of hydrogen-bond donors (Lipinski definition) is 18. The number of H-pyrrole nitrogens is 6. The van der Waals surface area contributed by atoms with Gasteiger partial charge in [0.25, 0.3) is 33.4 Å². The smallest absolute Gasteiger partial charge is 0.280 e. The van der Waals surface area contributed by atoms with Gasteiger partial charge in [0.15, 0.2) is 98.1 Å². The van der Waals surface area contributed by atoms with Crippen LogP contribution in [0.2, 0.25) is 0 Å². The fraction of sp³-hybridized carbons (Fsp3) is 0.613. The number of nitrogens with one attached hydrogen (secondary N) is 8. The fourth-order valence-electron chi connectivity index (χ4n) is 18.0. The van der Waals surface area contributed by atoms with E-state index >= 15 is 0 Å². The average molecular weight is 2300 g/mol. The van der Waals surface area contributed by atoms with Crippen molar-refractivity contribution >= 4 is 186 Å². The highest BCUT2D eigenvalue weighted by molar-refractivity contribution is 9.09. The molecule has 0 saturated carbocycles. The molecule has 18 rings (SSSR count). The van der Waals surface area contributed by atoms with Gasteiger partial charge in [0.05, 0.1) is 91.6 Å². The Bertz CT molecular complexity index is 7140. The molecule has 57 heteroatoms. The molecule has 8 unspecified atom stereocenters. The van der Waals surface area contributed by atoms with Crippen LogP contribution in [0.5, 0.6) is 0 Å². The maximum atomic E-state index is 12.2. The molecule has 6 fully saturated rings. The molecular formula is C93H144BrClN26O23P6. The number of aromatic nitrogens is 24. The van der Waals surface area contributed by atoms with Crippen LogP contribution in [0.1, 0.15) is 126 Å². The molecule has 0 radical (unpaired) electrons. The summed E-state index contributed by atoms with van der Waals surface area (Å²) in [5, 5.41) is 89.0. The van der Waals surface area contributed by atoms with Crippen molar-refractivity contribution in [1.29, 1.82) is 0 Å². The molecule has 6 saturated heterocycles. The fourth-order valence-corrected chi connectivity index (χ4v) is 24.5. The van der Waals surface area contributed by atoms with Crippen LogP contribution in [0.4, 0.5) is 11.9 Å². The van der Waals surface area contributed by atoms with Crippen molar-refractivity contribution in [3.05, 3.63) is 123 Å². The summed E-state index contributed by atoms with van der Waals surface area (Å²) in [4.78, 5) is 158. The number of anilines is 2. The van der Waals surface area contributed by atoms with E-state index in [0.717, 1.165) is 37.5 Å². The second-order valence-electron chi connectivity index (χ2n) is 42.1. The zero-order valence-corrected chi connectivity index (χ0v) is 95.1.